The molecule has 0 radical (unpaired) electrons. The van der Waals surface area contributed by atoms with E-state index in [-0.39, 0.29) is 11.9 Å². The van der Waals surface area contributed by atoms with Crippen LogP contribution in [0.4, 0.5) is 5.69 Å². The Kier molecular flexibility index (Phi) is 4.51. The normalized spacial score (nSPS) is 12.1. The molecule has 0 aliphatic rings. The highest BCUT2D eigenvalue weighted by molar-refractivity contribution is 5.83. The van der Waals surface area contributed by atoms with Crippen LogP contribution in [0.2, 0.25) is 0 Å². The van der Waals surface area contributed by atoms with Crippen LogP contribution in [0.3, 0.4) is 0 Å². The van der Waals surface area contributed by atoms with Crippen molar-refractivity contribution in [2.45, 2.75) is 19.5 Å². The van der Waals surface area contributed by atoms with Gasteiger partial charge >= 0.3 is 0 Å². The zero-order valence-electron chi connectivity index (χ0n) is 14.2. The predicted octanol–water partition coefficient (Wildman–Crippen LogP) is 2.98. The third-order valence-electron chi connectivity index (χ3n) is 4.20. The average molecular weight is 322 g/mol. The van der Waals surface area contributed by atoms with Gasteiger partial charge in [0.1, 0.15) is 6.04 Å². The second kappa shape index (κ2) is 6.74. The summed E-state index contributed by atoms with van der Waals surface area (Å²) in [5.74, 6) is -0.0187. The summed E-state index contributed by atoms with van der Waals surface area (Å²) in [5.41, 5.74) is 4.09. The van der Waals surface area contributed by atoms with Gasteiger partial charge in [0.15, 0.2) is 0 Å². The maximum atomic E-state index is 12.5. The molecule has 1 aromatic heterocycles. The molecule has 1 N–H and O–H groups in total. The lowest BCUT2D eigenvalue weighted by atomic mass is 10.2. The van der Waals surface area contributed by atoms with Crippen LogP contribution in [0.5, 0.6) is 0 Å². The molecule has 124 valence electrons. The number of rotatable bonds is 5. The van der Waals surface area contributed by atoms with Crippen molar-refractivity contribution in [1.29, 1.82) is 0 Å². The number of aromatic nitrogens is 2. The number of nitrogens with zero attached hydrogens (tertiary/aromatic N) is 3. The number of hydrogen-bond donors (Lipinski definition) is 1. The Labute approximate surface area is 141 Å². The van der Waals surface area contributed by atoms with Gasteiger partial charge in [-0.2, -0.15) is 0 Å². The minimum Gasteiger partial charge on any atom is -0.378 e. The lowest BCUT2D eigenvalue weighted by Crippen LogP contribution is -2.30. The first kappa shape index (κ1) is 16.1. The van der Waals surface area contributed by atoms with Gasteiger partial charge in [0.05, 0.1) is 17.4 Å². The Morgan fingerprint density at radius 3 is 2.58 bits per heavy atom. The van der Waals surface area contributed by atoms with Crippen molar-refractivity contribution in [2.75, 3.05) is 19.0 Å². The van der Waals surface area contributed by atoms with E-state index in [2.05, 4.69) is 15.2 Å². The summed E-state index contributed by atoms with van der Waals surface area (Å²) in [6, 6.07) is 15.7. The molecule has 0 aliphatic heterocycles. The Hall–Kier alpha value is -2.82. The lowest BCUT2D eigenvalue weighted by Gasteiger charge is -2.15. The van der Waals surface area contributed by atoms with Crippen molar-refractivity contribution in [3.63, 3.8) is 0 Å². The molecule has 3 rings (SSSR count). The van der Waals surface area contributed by atoms with Gasteiger partial charge in [-0.05, 0) is 36.8 Å². The van der Waals surface area contributed by atoms with Crippen molar-refractivity contribution in [3.8, 4) is 0 Å². The molecule has 0 spiro atoms. The Bertz CT molecular complexity index is 836. The van der Waals surface area contributed by atoms with Crippen LogP contribution in [0.15, 0.2) is 54.9 Å². The van der Waals surface area contributed by atoms with Gasteiger partial charge in [-0.25, -0.2) is 4.98 Å². The highest BCUT2D eigenvalue weighted by Gasteiger charge is 2.16. The molecule has 1 unspecified atom stereocenters. The molecule has 0 saturated heterocycles. The minimum atomic E-state index is -0.307. The molecule has 2 aromatic carbocycles. The van der Waals surface area contributed by atoms with Gasteiger partial charge in [0.25, 0.3) is 0 Å². The number of para-hydroxylation sites is 2. The van der Waals surface area contributed by atoms with Crippen LogP contribution in [-0.2, 0) is 11.3 Å². The summed E-state index contributed by atoms with van der Waals surface area (Å²) >= 11 is 0. The lowest BCUT2D eigenvalue weighted by molar-refractivity contribution is -0.123. The number of hydrogen-bond acceptors (Lipinski definition) is 3. The maximum Gasteiger partial charge on any atom is 0.243 e. The standard InChI is InChI=1S/C19H22N4O/c1-14(23-13-21-17-6-4-5-7-18(17)23)19(24)20-12-15-8-10-16(11-9-15)22(2)3/h4-11,13-14H,12H2,1-3H3,(H,20,24). The summed E-state index contributed by atoms with van der Waals surface area (Å²) in [6.07, 6.45) is 1.72. The quantitative estimate of drug-likeness (QED) is 0.785. The van der Waals surface area contributed by atoms with E-state index in [4.69, 9.17) is 0 Å². The number of carbonyl (C=O) groups excluding carboxylic acids is 1. The Morgan fingerprint density at radius 2 is 1.88 bits per heavy atom. The molecule has 0 fully saturated rings. The molecule has 0 aliphatic carbocycles. The van der Waals surface area contributed by atoms with Crippen LogP contribution in [-0.4, -0.2) is 29.6 Å². The molecular weight excluding hydrogens is 300 g/mol. The van der Waals surface area contributed by atoms with E-state index >= 15 is 0 Å². The van der Waals surface area contributed by atoms with Crippen molar-refractivity contribution < 1.29 is 4.79 Å². The van der Waals surface area contributed by atoms with Crippen LogP contribution in [0, 0.1) is 0 Å². The van der Waals surface area contributed by atoms with E-state index in [1.54, 1.807) is 6.33 Å². The summed E-state index contributed by atoms with van der Waals surface area (Å²) in [5, 5.41) is 3.00. The molecular formula is C19H22N4O. The third kappa shape index (κ3) is 3.25. The second-order valence-electron chi connectivity index (χ2n) is 6.10. The zero-order chi connectivity index (χ0) is 17.1. The number of nitrogens with one attached hydrogen (secondary N) is 1. The van der Waals surface area contributed by atoms with Crippen LogP contribution >= 0.6 is 0 Å². The number of amides is 1. The van der Waals surface area contributed by atoms with Gasteiger partial charge in [-0.15, -0.1) is 0 Å². The van der Waals surface area contributed by atoms with E-state index in [1.165, 1.54) is 0 Å². The van der Waals surface area contributed by atoms with E-state index in [9.17, 15) is 4.79 Å². The molecule has 0 saturated carbocycles. The highest BCUT2D eigenvalue weighted by atomic mass is 16.2. The summed E-state index contributed by atoms with van der Waals surface area (Å²) in [4.78, 5) is 18.9. The molecule has 5 nitrogen and oxygen atoms in total. The van der Waals surface area contributed by atoms with Gasteiger partial charge in [-0.1, -0.05) is 24.3 Å². The topological polar surface area (TPSA) is 50.2 Å². The fourth-order valence-electron chi connectivity index (χ4n) is 2.66. The predicted molar refractivity (Wildman–Crippen MR) is 97.1 cm³/mol. The van der Waals surface area contributed by atoms with Crippen LogP contribution < -0.4 is 10.2 Å². The number of anilines is 1. The molecule has 1 heterocycles. The van der Waals surface area contributed by atoms with Gasteiger partial charge in [-0.3, -0.25) is 4.79 Å². The molecule has 1 amide bonds. The van der Waals surface area contributed by atoms with E-state index < -0.39 is 0 Å². The fraction of sp³-hybridized carbons (Fsp3) is 0.263. The number of fused-ring (bicyclic) bond motifs is 1. The van der Waals surface area contributed by atoms with Crippen molar-refractivity contribution >= 4 is 22.6 Å². The van der Waals surface area contributed by atoms with E-state index in [0.717, 1.165) is 22.3 Å². The first-order chi connectivity index (χ1) is 11.6. The Balaban J connectivity index is 1.66. The SMILES string of the molecule is CC(C(=O)NCc1ccc(N(C)C)cc1)n1cnc2ccccc21. The summed E-state index contributed by atoms with van der Waals surface area (Å²) in [7, 11) is 4.02. The number of imidazole rings is 1. The van der Waals surface area contributed by atoms with Crippen molar-refractivity contribution in [2.24, 2.45) is 0 Å². The minimum absolute atomic E-state index is 0.0187. The number of benzene rings is 2. The first-order valence-electron chi connectivity index (χ1n) is 8.02. The van der Waals surface area contributed by atoms with Crippen LogP contribution in [0.1, 0.15) is 18.5 Å². The van der Waals surface area contributed by atoms with Gasteiger partial charge < -0.3 is 14.8 Å². The van der Waals surface area contributed by atoms with Gasteiger partial charge in [0.2, 0.25) is 5.91 Å². The Morgan fingerprint density at radius 1 is 1.17 bits per heavy atom. The average Bonchev–Trinajstić information content (AvgIpc) is 3.03. The first-order valence-corrected chi connectivity index (χ1v) is 8.02. The largest absolute Gasteiger partial charge is 0.378 e. The molecule has 5 heteroatoms. The molecule has 3 aromatic rings. The highest BCUT2D eigenvalue weighted by Crippen LogP contribution is 2.17. The second-order valence-corrected chi connectivity index (χ2v) is 6.10. The zero-order valence-corrected chi connectivity index (χ0v) is 14.2. The van der Waals surface area contributed by atoms with E-state index in [1.807, 2.05) is 74.1 Å². The summed E-state index contributed by atoms with van der Waals surface area (Å²) < 4.78 is 1.90. The molecule has 0 bridgehead atoms. The molecule has 1 atom stereocenters. The van der Waals surface area contributed by atoms with Crippen molar-refractivity contribution in [1.82, 2.24) is 14.9 Å². The monoisotopic (exact) mass is 322 g/mol. The van der Waals surface area contributed by atoms with Crippen molar-refractivity contribution in [3.05, 3.63) is 60.4 Å². The maximum absolute atomic E-state index is 12.5. The van der Waals surface area contributed by atoms with Gasteiger partial charge in [0, 0.05) is 26.3 Å². The summed E-state index contributed by atoms with van der Waals surface area (Å²) in [6.45, 7) is 2.40. The number of carbonyl (C=O) groups is 1. The smallest absolute Gasteiger partial charge is 0.243 e. The van der Waals surface area contributed by atoms with Crippen LogP contribution in [0.25, 0.3) is 11.0 Å². The van der Waals surface area contributed by atoms with E-state index in [0.29, 0.717) is 6.54 Å². The molecule has 24 heavy (non-hydrogen) atoms. The third-order valence-corrected chi connectivity index (χ3v) is 4.20. The fourth-order valence-corrected chi connectivity index (χ4v) is 2.66.